The molecule has 6 heteroatoms. The van der Waals surface area contributed by atoms with Crippen LogP contribution in [0.1, 0.15) is 5.69 Å². The number of hydrogen-bond donors (Lipinski definition) is 0. The van der Waals surface area contributed by atoms with Crippen molar-refractivity contribution in [3.63, 3.8) is 0 Å². The molecular formula is C6H5BrN4S. The van der Waals surface area contributed by atoms with Gasteiger partial charge in [0.15, 0.2) is 3.92 Å². The first kappa shape index (κ1) is 9.25. The van der Waals surface area contributed by atoms with Crippen LogP contribution in [-0.4, -0.2) is 11.5 Å². The molecule has 0 aliphatic carbocycles. The molecule has 0 aliphatic rings. The Kier molecular flexibility index (Phi) is 3.79. The molecule has 0 fully saturated rings. The lowest BCUT2D eigenvalue weighted by atomic mass is 10.4. The van der Waals surface area contributed by atoms with Gasteiger partial charge in [-0.25, -0.2) is 4.98 Å². The van der Waals surface area contributed by atoms with E-state index in [2.05, 4.69) is 30.9 Å². The van der Waals surface area contributed by atoms with Crippen LogP contribution in [0.3, 0.4) is 0 Å². The van der Waals surface area contributed by atoms with Gasteiger partial charge in [0.25, 0.3) is 0 Å². The van der Waals surface area contributed by atoms with E-state index >= 15 is 0 Å². The largest absolute Gasteiger partial charge is 0.230 e. The average molecular weight is 245 g/mol. The van der Waals surface area contributed by atoms with Gasteiger partial charge in [-0.15, -0.1) is 11.3 Å². The van der Waals surface area contributed by atoms with Crippen LogP contribution in [0.4, 0.5) is 0 Å². The minimum atomic E-state index is 0.367. The highest BCUT2D eigenvalue weighted by atomic mass is 79.9. The molecule has 0 amide bonds. The van der Waals surface area contributed by atoms with Crippen LogP contribution >= 0.6 is 27.3 Å². The molecule has 0 aliphatic heterocycles. The summed E-state index contributed by atoms with van der Waals surface area (Å²) in [5.74, 6) is 0. The van der Waals surface area contributed by atoms with Crippen LogP contribution in [0.2, 0.25) is 0 Å². The fraction of sp³-hybridized carbons (Fsp3) is 0.167. The topological polar surface area (TPSA) is 61.7 Å². The number of rotatable bonds is 3. The smallest absolute Gasteiger partial charge is 0.159 e. The van der Waals surface area contributed by atoms with Crippen LogP contribution in [0.25, 0.3) is 16.5 Å². The molecule has 62 valence electrons. The normalized spacial score (nSPS) is 10.1. The Hall–Kier alpha value is -0.840. The van der Waals surface area contributed by atoms with Crippen molar-refractivity contribution in [3.8, 4) is 0 Å². The highest BCUT2D eigenvalue weighted by Crippen LogP contribution is 2.16. The van der Waals surface area contributed by atoms with Crippen molar-refractivity contribution in [1.29, 1.82) is 0 Å². The third kappa shape index (κ3) is 3.04. The summed E-state index contributed by atoms with van der Waals surface area (Å²) in [5.41, 5.74) is 8.85. The van der Waals surface area contributed by atoms with Crippen molar-refractivity contribution in [3.05, 3.63) is 31.5 Å². The van der Waals surface area contributed by atoms with Gasteiger partial charge in [0, 0.05) is 16.8 Å². The molecule has 1 aromatic rings. The van der Waals surface area contributed by atoms with E-state index in [0.29, 0.717) is 6.54 Å². The van der Waals surface area contributed by atoms with Gasteiger partial charge in [-0.1, -0.05) is 11.2 Å². The first-order chi connectivity index (χ1) is 5.83. The summed E-state index contributed by atoms with van der Waals surface area (Å²) in [7, 11) is 0. The molecule has 0 atom stereocenters. The van der Waals surface area contributed by atoms with E-state index in [1.54, 1.807) is 6.08 Å². The molecule has 0 spiro atoms. The summed E-state index contributed by atoms with van der Waals surface area (Å²) in [4.78, 5) is 6.74. The number of halogens is 1. The van der Waals surface area contributed by atoms with E-state index in [9.17, 15) is 0 Å². The first-order valence-corrected chi connectivity index (χ1v) is 4.78. The quantitative estimate of drug-likeness (QED) is 0.458. The maximum atomic E-state index is 7.97. The van der Waals surface area contributed by atoms with Crippen LogP contribution in [0.5, 0.6) is 0 Å². The monoisotopic (exact) mass is 244 g/mol. The van der Waals surface area contributed by atoms with E-state index in [0.717, 1.165) is 9.61 Å². The second kappa shape index (κ2) is 4.92. The Balaban J connectivity index is 2.51. The van der Waals surface area contributed by atoms with E-state index < -0.39 is 0 Å². The maximum Gasteiger partial charge on any atom is 0.159 e. The van der Waals surface area contributed by atoms with Crippen LogP contribution in [0, 0.1) is 0 Å². The zero-order chi connectivity index (χ0) is 8.81. The summed E-state index contributed by atoms with van der Waals surface area (Å²) in [5, 5.41) is 5.26. The Morgan fingerprint density at radius 3 is 3.25 bits per heavy atom. The number of hydrogen-bond acceptors (Lipinski definition) is 3. The van der Waals surface area contributed by atoms with Crippen molar-refractivity contribution >= 4 is 33.3 Å². The summed E-state index contributed by atoms with van der Waals surface area (Å²) in [6.07, 6.45) is 3.58. The van der Waals surface area contributed by atoms with Crippen LogP contribution in [-0.2, 0) is 0 Å². The van der Waals surface area contributed by atoms with Crippen molar-refractivity contribution < 1.29 is 0 Å². The number of thiazole rings is 1. The Morgan fingerprint density at radius 1 is 1.83 bits per heavy atom. The lowest BCUT2D eigenvalue weighted by Gasteiger charge is -1.79. The molecule has 4 nitrogen and oxygen atoms in total. The molecule has 12 heavy (non-hydrogen) atoms. The fourth-order valence-electron chi connectivity index (χ4n) is 0.597. The molecule has 0 aromatic carbocycles. The van der Waals surface area contributed by atoms with Crippen LogP contribution in [0.15, 0.2) is 20.5 Å². The lowest BCUT2D eigenvalue weighted by Crippen LogP contribution is -1.71. The molecule has 0 unspecified atom stereocenters. The zero-order valence-corrected chi connectivity index (χ0v) is 8.42. The summed E-state index contributed by atoms with van der Waals surface area (Å²) in [6.45, 7) is 0.367. The van der Waals surface area contributed by atoms with Crippen molar-refractivity contribution in [1.82, 2.24) is 4.98 Å². The fourth-order valence-corrected chi connectivity index (χ4v) is 1.59. The Morgan fingerprint density at radius 2 is 2.67 bits per heavy atom. The number of aromatic nitrogens is 1. The third-order valence-corrected chi connectivity index (χ3v) is 2.42. The summed E-state index contributed by atoms with van der Waals surface area (Å²) >= 11 is 4.77. The highest BCUT2D eigenvalue weighted by molar-refractivity contribution is 9.11. The second-order valence-corrected chi connectivity index (χ2v) is 3.98. The molecule has 0 radical (unpaired) electrons. The van der Waals surface area contributed by atoms with Gasteiger partial charge < -0.3 is 0 Å². The van der Waals surface area contributed by atoms with E-state index in [1.165, 1.54) is 11.3 Å². The number of azide groups is 1. The maximum absolute atomic E-state index is 7.97. The van der Waals surface area contributed by atoms with Gasteiger partial charge in [0.1, 0.15) is 0 Å². The third-order valence-electron chi connectivity index (χ3n) is 1.03. The van der Waals surface area contributed by atoms with Gasteiger partial charge in [-0.05, 0) is 27.5 Å². The SMILES string of the molecule is [N-]=[N+]=NCC=Cc1csc(Br)n1. The molecule has 1 heterocycles. The van der Waals surface area contributed by atoms with Gasteiger partial charge in [-0.3, -0.25) is 0 Å². The molecule has 1 rings (SSSR count). The Labute approximate surface area is 81.7 Å². The summed E-state index contributed by atoms with van der Waals surface area (Å²) in [6, 6.07) is 0. The van der Waals surface area contributed by atoms with Gasteiger partial charge in [0.2, 0.25) is 0 Å². The van der Waals surface area contributed by atoms with Gasteiger partial charge >= 0.3 is 0 Å². The van der Waals surface area contributed by atoms with Crippen molar-refractivity contribution in [2.24, 2.45) is 5.11 Å². The van der Waals surface area contributed by atoms with Crippen molar-refractivity contribution in [2.75, 3.05) is 6.54 Å². The lowest BCUT2D eigenvalue weighted by molar-refractivity contribution is 1.21. The predicted octanol–water partition coefficient (Wildman–Crippen LogP) is 3.23. The second-order valence-electron chi connectivity index (χ2n) is 1.84. The average Bonchev–Trinajstić information content (AvgIpc) is 2.45. The molecular weight excluding hydrogens is 240 g/mol. The molecule has 0 saturated heterocycles. The Bertz CT molecular complexity index is 326. The molecule has 0 N–H and O–H groups in total. The standard InChI is InChI=1S/C6H5BrN4S/c7-6-10-5(4-12-6)2-1-3-9-11-8/h1-2,4H,3H2. The number of nitrogens with zero attached hydrogens (tertiary/aromatic N) is 4. The zero-order valence-electron chi connectivity index (χ0n) is 6.01. The minimum Gasteiger partial charge on any atom is -0.230 e. The highest BCUT2D eigenvalue weighted by Gasteiger charge is 1.92. The van der Waals surface area contributed by atoms with Gasteiger partial charge in [0.05, 0.1) is 5.69 Å². The predicted molar refractivity (Wildman–Crippen MR) is 52.9 cm³/mol. The van der Waals surface area contributed by atoms with E-state index in [1.807, 2.05) is 11.5 Å². The molecule has 0 saturated carbocycles. The molecule has 0 bridgehead atoms. The minimum absolute atomic E-state index is 0.367. The van der Waals surface area contributed by atoms with Gasteiger partial charge in [-0.2, -0.15) is 0 Å². The van der Waals surface area contributed by atoms with Crippen LogP contribution < -0.4 is 0 Å². The van der Waals surface area contributed by atoms with E-state index in [-0.39, 0.29) is 0 Å². The molecule has 1 aromatic heterocycles. The first-order valence-electron chi connectivity index (χ1n) is 3.11. The van der Waals surface area contributed by atoms with Crippen molar-refractivity contribution in [2.45, 2.75) is 0 Å². The van der Waals surface area contributed by atoms with E-state index in [4.69, 9.17) is 5.53 Å². The summed E-state index contributed by atoms with van der Waals surface area (Å²) < 4.78 is 0.853.